The van der Waals surface area contributed by atoms with Crippen molar-refractivity contribution in [1.29, 1.82) is 0 Å². The highest BCUT2D eigenvalue weighted by atomic mass is 14.9. The second kappa shape index (κ2) is 5.44. The zero-order chi connectivity index (χ0) is 11.4. The van der Waals surface area contributed by atoms with E-state index in [4.69, 9.17) is 0 Å². The van der Waals surface area contributed by atoms with E-state index >= 15 is 0 Å². The van der Waals surface area contributed by atoms with Crippen LogP contribution in [0.5, 0.6) is 0 Å². The highest BCUT2D eigenvalue weighted by molar-refractivity contribution is 5.09. The predicted molar refractivity (Wildman–Crippen MR) is 67.2 cm³/mol. The summed E-state index contributed by atoms with van der Waals surface area (Å²) in [5.74, 6) is 0.926. The van der Waals surface area contributed by atoms with Gasteiger partial charge in [-0.15, -0.1) is 0 Å². The minimum absolute atomic E-state index is 0.707. The Morgan fingerprint density at radius 2 is 2.00 bits per heavy atom. The van der Waals surface area contributed by atoms with E-state index in [1.807, 2.05) is 13.0 Å². The number of aryl methyl sites for hydroxylation is 1. The van der Waals surface area contributed by atoms with Crippen molar-refractivity contribution in [3.8, 4) is 0 Å². The molecule has 1 aromatic rings. The molecule has 1 heterocycles. The topological polar surface area (TPSA) is 24.9 Å². The van der Waals surface area contributed by atoms with E-state index < -0.39 is 0 Å². The smallest absolute Gasteiger partial charge is 0.0544 e. The fourth-order valence-corrected chi connectivity index (χ4v) is 2.41. The van der Waals surface area contributed by atoms with Gasteiger partial charge in [-0.1, -0.05) is 13.0 Å². The first-order chi connectivity index (χ1) is 7.74. The Bertz CT molecular complexity index is 327. The lowest BCUT2D eigenvalue weighted by atomic mass is 9.87. The molecular weight excluding hydrogens is 196 g/mol. The molecule has 2 nitrogen and oxygen atoms in total. The minimum atomic E-state index is 0.707. The fourth-order valence-electron chi connectivity index (χ4n) is 2.41. The molecule has 1 saturated carbocycles. The molecule has 2 heteroatoms. The molecule has 16 heavy (non-hydrogen) atoms. The quantitative estimate of drug-likeness (QED) is 0.843. The summed E-state index contributed by atoms with van der Waals surface area (Å²) in [6.07, 6.45) is 5.40. The van der Waals surface area contributed by atoms with Crippen molar-refractivity contribution in [2.24, 2.45) is 5.92 Å². The molecule has 1 fully saturated rings. The van der Waals surface area contributed by atoms with Gasteiger partial charge in [-0.05, 0) is 50.7 Å². The van der Waals surface area contributed by atoms with Crippen molar-refractivity contribution in [2.45, 2.75) is 52.1 Å². The van der Waals surface area contributed by atoms with Crippen molar-refractivity contribution < 1.29 is 0 Å². The van der Waals surface area contributed by atoms with Crippen LogP contribution < -0.4 is 5.32 Å². The third-order valence-corrected chi connectivity index (χ3v) is 3.53. The summed E-state index contributed by atoms with van der Waals surface area (Å²) in [5.41, 5.74) is 2.27. The highest BCUT2D eigenvalue weighted by Crippen LogP contribution is 2.23. The Hall–Kier alpha value is -0.890. The summed E-state index contributed by atoms with van der Waals surface area (Å²) in [5, 5.41) is 3.62. The Morgan fingerprint density at radius 3 is 2.69 bits per heavy atom. The van der Waals surface area contributed by atoms with Gasteiger partial charge in [-0.2, -0.15) is 0 Å². The third kappa shape index (κ3) is 3.31. The summed E-state index contributed by atoms with van der Waals surface area (Å²) in [4.78, 5) is 4.51. The van der Waals surface area contributed by atoms with Crippen molar-refractivity contribution in [1.82, 2.24) is 10.3 Å². The maximum absolute atomic E-state index is 4.51. The lowest BCUT2D eigenvalue weighted by molar-refractivity contribution is 0.306. The number of pyridine rings is 1. The van der Waals surface area contributed by atoms with Gasteiger partial charge in [0.25, 0.3) is 0 Å². The van der Waals surface area contributed by atoms with Crippen LogP contribution in [0.1, 0.15) is 44.0 Å². The van der Waals surface area contributed by atoms with E-state index in [1.54, 1.807) is 0 Å². The largest absolute Gasteiger partial charge is 0.308 e. The molecule has 0 bridgehead atoms. The summed E-state index contributed by atoms with van der Waals surface area (Å²) < 4.78 is 0. The van der Waals surface area contributed by atoms with Gasteiger partial charge in [0.2, 0.25) is 0 Å². The Morgan fingerprint density at radius 1 is 1.25 bits per heavy atom. The molecule has 0 spiro atoms. The maximum Gasteiger partial charge on any atom is 0.0544 e. The molecule has 0 radical (unpaired) electrons. The van der Waals surface area contributed by atoms with Crippen molar-refractivity contribution in [3.63, 3.8) is 0 Å². The van der Waals surface area contributed by atoms with Crippen LogP contribution in [0.15, 0.2) is 18.2 Å². The monoisotopic (exact) mass is 218 g/mol. The van der Waals surface area contributed by atoms with Crippen LogP contribution in [0.4, 0.5) is 0 Å². The molecule has 1 aromatic heterocycles. The van der Waals surface area contributed by atoms with Crippen molar-refractivity contribution >= 4 is 0 Å². The molecule has 2 rings (SSSR count). The van der Waals surface area contributed by atoms with Crippen LogP contribution in [-0.2, 0) is 6.54 Å². The highest BCUT2D eigenvalue weighted by Gasteiger charge is 2.17. The average Bonchev–Trinajstić information content (AvgIpc) is 2.28. The van der Waals surface area contributed by atoms with Gasteiger partial charge in [0.1, 0.15) is 0 Å². The SMILES string of the molecule is Cc1cccc(CNC2CCC(C)CC2)n1. The van der Waals surface area contributed by atoms with Crippen molar-refractivity contribution in [2.75, 3.05) is 0 Å². The van der Waals surface area contributed by atoms with Crippen LogP contribution >= 0.6 is 0 Å². The number of aromatic nitrogens is 1. The Kier molecular flexibility index (Phi) is 3.94. The Balaban J connectivity index is 1.79. The lowest BCUT2D eigenvalue weighted by Gasteiger charge is -2.26. The molecule has 0 saturated heterocycles. The van der Waals surface area contributed by atoms with E-state index in [0.29, 0.717) is 6.04 Å². The number of rotatable bonds is 3. The van der Waals surface area contributed by atoms with E-state index in [-0.39, 0.29) is 0 Å². The first-order valence-corrected chi connectivity index (χ1v) is 6.40. The number of nitrogens with one attached hydrogen (secondary N) is 1. The van der Waals surface area contributed by atoms with Crippen LogP contribution in [0.2, 0.25) is 0 Å². The van der Waals surface area contributed by atoms with Crippen LogP contribution in [0, 0.1) is 12.8 Å². The third-order valence-electron chi connectivity index (χ3n) is 3.53. The zero-order valence-electron chi connectivity index (χ0n) is 10.4. The summed E-state index contributed by atoms with van der Waals surface area (Å²) in [6.45, 7) is 5.32. The van der Waals surface area contributed by atoms with E-state index in [9.17, 15) is 0 Å². The first kappa shape index (κ1) is 11.6. The number of hydrogen-bond donors (Lipinski definition) is 1. The van der Waals surface area contributed by atoms with E-state index in [2.05, 4.69) is 29.4 Å². The van der Waals surface area contributed by atoms with Crippen molar-refractivity contribution in [3.05, 3.63) is 29.6 Å². The summed E-state index contributed by atoms with van der Waals surface area (Å²) in [6, 6.07) is 6.94. The van der Waals surface area contributed by atoms with Crippen LogP contribution in [0.3, 0.4) is 0 Å². The molecule has 1 aliphatic carbocycles. The number of hydrogen-bond acceptors (Lipinski definition) is 2. The molecule has 0 atom stereocenters. The molecule has 0 aliphatic heterocycles. The molecule has 0 amide bonds. The normalized spacial score (nSPS) is 25.6. The van der Waals surface area contributed by atoms with E-state index in [1.165, 1.54) is 31.4 Å². The standard InChI is InChI=1S/C14H22N2/c1-11-6-8-13(9-7-11)15-10-14-5-3-4-12(2)16-14/h3-5,11,13,15H,6-10H2,1-2H3. The molecule has 0 aromatic carbocycles. The van der Waals surface area contributed by atoms with Gasteiger partial charge >= 0.3 is 0 Å². The minimum Gasteiger partial charge on any atom is -0.308 e. The first-order valence-electron chi connectivity index (χ1n) is 6.40. The van der Waals surface area contributed by atoms with Gasteiger partial charge in [0, 0.05) is 18.3 Å². The number of nitrogens with zero attached hydrogens (tertiary/aromatic N) is 1. The molecule has 88 valence electrons. The van der Waals surface area contributed by atoms with E-state index in [0.717, 1.165) is 18.2 Å². The fraction of sp³-hybridized carbons (Fsp3) is 0.643. The van der Waals surface area contributed by atoms with Gasteiger partial charge in [-0.25, -0.2) is 0 Å². The van der Waals surface area contributed by atoms with Crippen LogP contribution in [-0.4, -0.2) is 11.0 Å². The van der Waals surface area contributed by atoms with Gasteiger partial charge < -0.3 is 5.32 Å². The molecule has 1 aliphatic rings. The second-order valence-electron chi connectivity index (χ2n) is 5.11. The zero-order valence-corrected chi connectivity index (χ0v) is 10.4. The second-order valence-corrected chi connectivity index (χ2v) is 5.11. The average molecular weight is 218 g/mol. The lowest BCUT2D eigenvalue weighted by Crippen LogP contribution is -2.32. The molecule has 1 N–H and O–H groups in total. The van der Waals surface area contributed by atoms with Gasteiger partial charge in [0.15, 0.2) is 0 Å². The summed E-state index contributed by atoms with van der Waals surface area (Å²) >= 11 is 0. The Labute approximate surface area is 98.5 Å². The predicted octanol–water partition coefficient (Wildman–Crippen LogP) is 3.06. The summed E-state index contributed by atoms with van der Waals surface area (Å²) in [7, 11) is 0. The maximum atomic E-state index is 4.51. The van der Waals surface area contributed by atoms with Gasteiger partial charge in [0.05, 0.1) is 5.69 Å². The van der Waals surface area contributed by atoms with Crippen LogP contribution in [0.25, 0.3) is 0 Å². The molecule has 0 unspecified atom stereocenters. The molecular formula is C14H22N2. The van der Waals surface area contributed by atoms with Gasteiger partial charge in [-0.3, -0.25) is 4.98 Å².